The average molecular weight is 238 g/mol. The SMILES string of the molecule is CCOC(=O)C1=CC[C@@](C)(C(F)(F)F)CO1. The molecule has 0 radical (unpaired) electrons. The van der Waals surface area contributed by atoms with Crippen LogP contribution < -0.4 is 0 Å². The van der Waals surface area contributed by atoms with Gasteiger partial charge in [-0.15, -0.1) is 0 Å². The maximum atomic E-state index is 12.6. The molecule has 1 rings (SSSR count). The van der Waals surface area contributed by atoms with E-state index >= 15 is 0 Å². The van der Waals surface area contributed by atoms with E-state index in [-0.39, 0.29) is 18.8 Å². The van der Waals surface area contributed by atoms with E-state index in [1.165, 1.54) is 0 Å². The van der Waals surface area contributed by atoms with Crippen LogP contribution in [-0.2, 0) is 14.3 Å². The fourth-order valence-corrected chi connectivity index (χ4v) is 1.21. The lowest BCUT2D eigenvalue weighted by atomic mass is 9.85. The van der Waals surface area contributed by atoms with E-state index in [2.05, 4.69) is 4.74 Å². The fraction of sp³-hybridized carbons (Fsp3) is 0.700. The van der Waals surface area contributed by atoms with E-state index in [1.807, 2.05) is 0 Å². The summed E-state index contributed by atoms with van der Waals surface area (Å²) in [6, 6.07) is 0. The van der Waals surface area contributed by atoms with Gasteiger partial charge in [0.05, 0.1) is 6.61 Å². The third-order valence-corrected chi connectivity index (χ3v) is 2.45. The molecule has 0 saturated heterocycles. The monoisotopic (exact) mass is 238 g/mol. The quantitative estimate of drug-likeness (QED) is 0.693. The van der Waals surface area contributed by atoms with Crippen LogP contribution in [0.25, 0.3) is 0 Å². The van der Waals surface area contributed by atoms with Crippen LogP contribution in [0.2, 0.25) is 0 Å². The standard InChI is InChI=1S/C10H13F3O3/c1-3-15-8(14)7-4-5-9(2,6-16-7)10(11,12)13/h4H,3,5-6H2,1-2H3/t9-/m1/s1. The summed E-state index contributed by atoms with van der Waals surface area (Å²) in [4.78, 5) is 11.2. The second-order valence-corrected chi connectivity index (χ2v) is 3.84. The maximum absolute atomic E-state index is 12.6. The molecule has 6 heteroatoms. The first kappa shape index (κ1) is 12.9. The normalized spacial score (nSPS) is 25.7. The van der Waals surface area contributed by atoms with E-state index in [9.17, 15) is 18.0 Å². The molecule has 1 aliphatic heterocycles. The molecule has 16 heavy (non-hydrogen) atoms. The van der Waals surface area contributed by atoms with Crippen LogP contribution in [-0.4, -0.2) is 25.4 Å². The number of carbonyl (C=O) groups is 1. The molecule has 0 N–H and O–H groups in total. The molecule has 0 aromatic heterocycles. The minimum absolute atomic E-state index is 0.136. The Morgan fingerprint density at radius 1 is 1.62 bits per heavy atom. The van der Waals surface area contributed by atoms with Gasteiger partial charge >= 0.3 is 12.1 Å². The summed E-state index contributed by atoms with van der Waals surface area (Å²) in [5.74, 6) is -0.852. The summed E-state index contributed by atoms with van der Waals surface area (Å²) >= 11 is 0. The highest BCUT2D eigenvalue weighted by molar-refractivity contribution is 5.86. The van der Waals surface area contributed by atoms with Gasteiger partial charge in [0, 0.05) is 0 Å². The fourth-order valence-electron chi connectivity index (χ4n) is 1.21. The van der Waals surface area contributed by atoms with Crippen molar-refractivity contribution in [3.63, 3.8) is 0 Å². The van der Waals surface area contributed by atoms with Gasteiger partial charge in [-0.25, -0.2) is 4.79 Å². The first-order valence-corrected chi connectivity index (χ1v) is 4.87. The van der Waals surface area contributed by atoms with E-state index in [1.54, 1.807) is 6.92 Å². The van der Waals surface area contributed by atoms with Crippen molar-refractivity contribution in [3.05, 3.63) is 11.8 Å². The van der Waals surface area contributed by atoms with Crippen molar-refractivity contribution in [1.82, 2.24) is 0 Å². The molecule has 0 aliphatic carbocycles. The van der Waals surface area contributed by atoms with Crippen LogP contribution in [0.3, 0.4) is 0 Å². The molecule has 92 valence electrons. The Morgan fingerprint density at radius 3 is 2.62 bits per heavy atom. The number of allylic oxidation sites excluding steroid dienone is 1. The average Bonchev–Trinajstić information content (AvgIpc) is 2.17. The number of hydrogen-bond acceptors (Lipinski definition) is 3. The molecule has 0 aromatic carbocycles. The van der Waals surface area contributed by atoms with Crippen molar-refractivity contribution in [2.75, 3.05) is 13.2 Å². The summed E-state index contributed by atoms with van der Waals surface area (Å²) in [5, 5.41) is 0. The second-order valence-electron chi connectivity index (χ2n) is 3.84. The first-order valence-electron chi connectivity index (χ1n) is 4.87. The van der Waals surface area contributed by atoms with Crippen molar-refractivity contribution in [2.24, 2.45) is 5.41 Å². The lowest BCUT2D eigenvalue weighted by molar-refractivity contribution is -0.233. The highest BCUT2D eigenvalue weighted by Gasteiger charge is 2.52. The van der Waals surface area contributed by atoms with Gasteiger partial charge in [-0.2, -0.15) is 13.2 Å². The smallest absolute Gasteiger partial charge is 0.397 e. The van der Waals surface area contributed by atoms with Gasteiger partial charge in [0.1, 0.15) is 12.0 Å². The van der Waals surface area contributed by atoms with Crippen LogP contribution in [0.5, 0.6) is 0 Å². The second kappa shape index (κ2) is 4.35. The zero-order valence-corrected chi connectivity index (χ0v) is 9.06. The minimum Gasteiger partial charge on any atom is -0.486 e. The topological polar surface area (TPSA) is 35.5 Å². The summed E-state index contributed by atoms with van der Waals surface area (Å²) in [6.07, 6.45) is -3.48. The first-order chi connectivity index (χ1) is 7.30. The van der Waals surface area contributed by atoms with Gasteiger partial charge in [-0.1, -0.05) is 0 Å². The molecule has 0 spiro atoms. The molecule has 0 saturated carbocycles. The van der Waals surface area contributed by atoms with E-state index in [4.69, 9.17) is 4.74 Å². The number of ether oxygens (including phenoxy) is 2. The Balaban J connectivity index is 2.71. The molecule has 0 unspecified atom stereocenters. The number of rotatable bonds is 2. The van der Waals surface area contributed by atoms with E-state index in [0.29, 0.717) is 0 Å². The van der Waals surface area contributed by atoms with Gasteiger partial charge in [0.15, 0.2) is 0 Å². The Hall–Kier alpha value is -1.20. The minimum atomic E-state index is -4.34. The largest absolute Gasteiger partial charge is 0.486 e. The van der Waals surface area contributed by atoms with Crippen LogP contribution in [0, 0.1) is 5.41 Å². The van der Waals surface area contributed by atoms with E-state index in [0.717, 1.165) is 13.0 Å². The predicted molar refractivity (Wildman–Crippen MR) is 49.4 cm³/mol. The zero-order chi connectivity index (χ0) is 12.4. The van der Waals surface area contributed by atoms with Crippen LogP contribution in [0.1, 0.15) is 20.3 Å². The van der Waals surface area contributed by atoms with Crippen molar-refractivity contribution < 1.29 is 27.4 Å². The number of alkyl halides is 3. The lowest BCUT2D eigenvalue weighted by Gasteiger charge is -2.33. The number of carbonyl (C=O) groups excluding carboxylic acids is 1. The van der Waals surface area contributed by atoms with Gasteiger partial charge in [-0.3, -0.25) is 0 Å². The van der Waals surface area contributed by atoms with Crippen LogP contribution >= 0.6 is 0 Å². The van der Waals surface area contributed by atoms with Gasteiger partial charge in [0.25, 0.3) is 0 Å². The number of halogens is 3. The summed E-state index contributed by atoms with van der Waals surface area (Å²) in [5.41, 5.74) is -1.93. The molecule has 0 amide bonds. The molecule has 0 fully saturated rings. The molecule has 0 aromatic rings. The summed E-state index contributed by atoms with van der Waals surface area (Å²) < 4.78 is 47.2. The maximum Gasteiger partial charge on any atom is 0.397 e. The molecule has 1 heterocycles. The highest BCUT2D eigenvalue weighted by Crippen LogP contribution is 2.43. The van der Waals surface area contributed by atoms with Gasteiger partial charge in [0.2, 0.25) is 5.76 Å². The summed E-state index contributed by atoms with van der Waals surface area (Å²) in [6.45, 7) is 2.28. The van der Waals surface area contributed by atoms with Gasteiger partial charge in [-0.05, 0) is 26.3 Å². The molecule has 0 bridgehead atoms. The molecule has 3 nitrogen and oxygen atoms in total. The van der Waals surface area contributed by atoms with Crippen molar-refractivity contribution >= 4 is 5.97 Å². The third kappa shape index (κ3) is 2.48. The Labute approximate surface area is 91.2 Å². The molecule has 1 aliphatic rings. The van der Waals surface area contributed by atoms with E-state index < -0.39 is 24.2 Å². The lowest BCUT2D eigenvalue weighted by Crippen LogP contribution is -2.41. The molecule has 1 atom stereocenters. The Bertz CT molecular complexity index is 309. The van der Waals surface area contributed by atoms with Crippen LogP contribution in [0.15, 0.2) is 11.8 Å². The Morgan fingerprint density at radius 2 is 2.25 bits per heavy atom. The predicted octanol–water partition coefficient (Wildman–Crippen LogP) is 2.42. The summed E-state index contributed by atoms with van der Waals surface area (Å²) in [7, 11) is 0. The van der Waals surface area contributed by atoms with Crippen molar-refractivity contribution in [1.29, 1.82) is 0 Å². The molecular formula is C10H13F3O3. The zero-order valence-electron chi connectivity index (χ0n) is 9.06. The highest BCUT2D eigenvalue weighted by atomic mass is 19.4. The van der Waals surface area contributed by atoms with Crippen molar-refractivity contribution in [3.8, 4) is 0 Å². The van der Waals surface area contributed by atoms with Crippen LogP contribution in [0.4, 0.5) is 13.2 Å². The molecular weight excluding hydrogens is 225 g/mol. The van der Waals surface area contributed by atoms with Crippen molar-refractivity contribution in [2.45, 2.75) is 26.4 Å². The van der Waals surface area contributed by atoms with Gasteiger partial charge < -0.3 is 9.47 Å². The number of esters is 1. The third-order valence-electron chi connectivity index (χ3n) is 2.45. The number of hydrogen-bond donors (Lipinski definition) is 0. The Kier molecular flexibility index (Phi) is 3.50.